The van der Waals surface area contributed by atoms with Gasteiger partial charge < -0.3 is 14.5 Å². The number of ether oxygens (including phenoxy) is 1. The van der Waals surface area contributed by atoms with E-state index < -0.39 is 0 Å². The van der Waals surface area contributed by atoms with Gasteiger partial charge in [-0.1, -0.05) is 58.5 Å². The van der Waals surface area contributed by atoms with Crippen molar-refractivity contribution >= 4 is 64.6 Å². The average Bonchev–Trinajstić information content (AvgIpc) is 3.25. The summed E-state index contributed by atoms with van der Waals surface area (Å²) in [5, 5.41) is 1.95. The molecule has 0 aliphatic carbocycles. The molecule has 0 bridgehead atoms. The van der Waals surface area contributed by atoms with E-state index in [9.17, 15) is 9.18 Å². The molecule has 0 saturated carbocycles. The summed E-state index contributed by atoms with van der Waals surface area (Å²) in [6, 6.07) is 16.3. The van der Waals surface area contributed by atoms with E-state index in [2.05, 4.69) is 0 Å². The van der Waals surface area contributed by atoms with Crippen LogP contribution in [0.4, 0.5) is 4.39 Å². The van der Waals surface area contributed by atoms with Crippen molar-refractivity contribution in [2.75, 3.05) is 19.8 Å². The van der Waals surface area contributed by atoms with Gasteiger partial charge in [0.2, 0.25) is 0 Å². The molecule has 3 aromatic carbocycles. The molecule has 1 heterocycles. The van der Waals surface area contributed by atoms with E-state index in [0.717, 1.165) is 5.56 Å². The molecule has 0 amide bonds. The van der Waals surface area contributed by atoms with E-state index in [1.54, 1.807) is 12.1 Å². The minimum Gasteiger partial charge on any atom is -0.367 e. The largest absolute Gasteiger partial charge is 0.367 e. The van der Waals surface area contributed by atoms with Crippen molar-refractivity contribution in [2.24, 2.45) is 0 Å². The molecule has 0 radical (unpaired) electrons. The molecule has 1 aliphatic rings. The Bertz CT molecular complexity index is 1200. The fourth-order valence-corrected chi connectivity index (χ4v) is 4.74. The lowest BCUT2D eigenvalue weighted by molar-refractivity contribution is 0.0197. The zero-order valence-corrected chi connectivity index (χ0v) is 22.7. The Balaban J connectivity index is 0.00000361. The van der Waals surface area contributed by atoms with E-state index in [4.69, 9.17) is 51.1 Å². The number of ketones is 1. The minimum absolute atomic E-state index is 0. The molecule has 1 unspecified atom stereocenters. The number of halogens is 6. The van der Waals surface area contributed by atoms with E-state index in [1.165, 1.54) is 24.3 Å². The number of hydrogen-bond donors (Lipinski definition) is 0. The molecule has 0 spiro atoms. The number of carbonyl (C=O) groups is 1. The van der Waals surface area contributed by atoms with Crippen molar-refractivity contribution in [3.05, 3.63) is 116 Å². The number of benzene rings is 3. The number of hydrogen-bond acceptors (Lipinski definition) is 4. The summed E-state index contributed by atoms with van der Waals surface area (Å²) in [4.78, 5) is 16.5. The van der Waals surface area contributed by atoms with E-state index in [0.29, 0.717) is 44.4 Å². The maximum Gasteiger partial charge on any atom is 0.182 e. The quantitative estimate of drug-likeness (QED) is 0.236. The predicted molar refractivity (Wildman–Crippen MR) is 146 cm³/mol. The van der Waals surface area contributed by atoms with Crippen LogP contribution < -0.4 is 0 Å². The number of carbonyl (C=O) groups excluding carboxylic acids is 1. The van der Waals surface area contributed by atoms with Crippen LogP contribution >= 0.6 is 58.8 Å². The van der Waals surface area contributed by atoms with Gasteiger partial charge in [0.1, 0.15) is 11.9 Å². The van der Waals surface area contributed by atoms with E-state index in [-0.39, 0.29) is 43.3 Å². The van der Waals surface area contributed by atoms with Crippen LogP contribution in [0.2, 0.25) is 20.1 Å². The van der Waals surface area contributed by atoms with Gasteiger partial charge >= 0.3 is 0 Å². The third-order valence-electron chi connectivity index (χ3n) is 5.54. The molecular formula is C26H22Cl5FN2O2. The number of nitrogens with zero attached hydrogens (tertiary/aromatic N) is 2. The molecule has 4 rings (SSSR count). The number of Topliss-reactive ketones (excluding diaryl/α,β-unsaturated/α-hetero) is 1. The monoisotopic (exact) mass is 588 g/mol. The molecule has 0 aromatic heterocycles. The second-order valence-electron chi connectivity index (χ2n) is 8.09. The molecule has 10 heteroatoms. The van der Waals surface area contributed by atoms with Crippen molar-refractivity contribution < 1.29 is 13.9 Å². The fraction of sp³-hybridized carbons (Fsp3) is 0.192. The molecule has 36 heavy (non-hydrogen) atoms. The summed E-state index contributed by atoms with van der Waals surface area (Å²) in [6.07, 6.45) is 3.44. The van der Waals surface area contributed by atoms with Gasteiger partial charge in [0, 0.05) is 50.2 Å². The van der Waals surface area contributed by atoms with Gasteiger partial charge in [-0.3, -0.25) is 4.79 Å². The zero-order chi connectivity index (χ0) is 24.9. The lowest BCUT2D eigenvalue weighted by atomic mass is 10.1. The Morgan fingerprint density at radius 2 is 1.50 bits per heavy atom. The number of rotatable bonds is 9. The molecule has 1 aliphatic heterocycles. The maximum atomic E-state index is 13.1. The van der Waals surface area contributed by atoms with Gasteiger partial charge in [-0.2, -0.15) is 0 Å². The minimum atomic E-state index is -0.372. The van der Waals surface area contributed by atoms with Crippen LogP contribution in [-0.4, -0.2) is 35.3 Å². The van der Waals surface area contributed by atoms with Crippen LogP contribution in [0.15, 0.2) is 73.1 Å². The van der Waals surface area contributed by atoms with Crippen molar-refractivity contribution in [1.82, 2.24) is 9.80 Å². The Hall–Kier alpha value is -1.99. The van der Waals surface area contributed by atoms with Crippen LogP contribution in [0, 0.1) is 5.82 Å². The molecule has 0 N–H and O–H groups in total. The van der Waals surface area contributed by atoms with Gasteiger partial charge in [-0.25, -0.2) is 4.39 Å². The zero-order valence-electron chi connectivity index (χ0n) is 18.8. The highest BCUT2D eigenvalue weighted by Gasteiger charge is 2.22. The first kappa shape index (κ1) is 28.6. The topological polar surface area (TPSA) is 32.8 Å². The van der Waals surface area contributed by atoms with Crippen molar-refractivity contribution in [3.63, 3.8) is 0 Å². The first-order valence-corrected chi connectivity index (χ1v) is 12.3. The molecule has 3 aromatic rings. The molecule has 190 valence electrons. The lowest BCUT2D eigenvalue weighted by Gasteiger charge is -2.26. The van der Waals surface area contributed by atoms with Gasteiger partial charge in [-0.15, -0.1) is 12.4 Å². The SMILES string of the molecule is Cl.O=C(CN1C=CN(CC(OCc2c(Cl)cc(Cl)cc2Cl)c2ccc(Cl)cc2)C1)c1ccc(F)cc1. The Kier molecular flexibility index (Phi) is 10.3. The molecule has 1 atom stereocenters. The molecular weight excluding hydrogens is 569 g/mol. The average molecular weight is 591 g/mol. The second kappa shape index (κ2) is 13.0. The lowest BCUT2D eigenvalue weighted by Crippen LogP contribution is -2.32. The van der Waals surface area contributed by atoms with E-state index >= 15 is 0 Å². The third kappa shape index (κ3) is 7.51. The van der Waals surface area contributed by atoms with Gasteiger partial charge in [0.15, 0.2) is 5.78 Å². The van der Waals surface area contributed by atoms with Crippen LogP contribution in [-0.2, 0) is 11.3 Å². The predicted octanol–water partition coefficient (Wildman–Crippen LogP) is 8.05. The first-order valence-electron chi connectivity index (χ1n) is 10.7. The summed E-state index contributed by atoms with van der Waals surface area (Å²) in [6.45, 7) is 1.39. The van der Waals surface area contributed by atoms with Gasteiger partial charge in [0.25, 0.3) is 0 Å². The van der Waals surface area contributed by atoms with Crippen molar-refractivity contribution in [1.29, 1.82) is 0 Å². The normalized spacial score (nSPS) is 13.6. The highest BCUT2D eigenvalue weighted by molar-refractivity contribution is 6.39. The van der Waals surface area contributed by atoms with Crippen LogP contribution in [0.3, 0.4) is 0 Å². The fourth-order valence-electron chi connectivity index (χ4n) is 3.69. The molecule has 4 nitrogen and oxygen atoms in total. The van der Waals surface area contributed by atoms with Crippen LogP contribution in [0.25, 0.3) is 0 Å². The standard InChI is InChI=1S/C26H21Cl4FN2O2.ClH/c27-19-5-1-18(2-6-19)26(35-15-22-23(29)11-20(28)12-24(22)30)14-33-10-9-32(16-33)13-25(34)17-3-7-21(31)8-4-17;/h1-12,26H,13-16H2;1H. The highest BCUT2D eigenvalue weighted by Crippen LogP contribution is 2.32. The maximum absolute atomic E-state index is 13.1. The van der Waals surface area contributed by atoms with Gasteiger partial charge in [-0.05, 0) is 54.1 Å². The van der Waals surface area contributed by atoms with E-state index in [1.807, 2.05) is 46.5 Å². The van der Waals surface area contributed by atoms with Crippen LogP contribution in [0.5, 0.6) is 0 Å². The summed E-state index contributed by atoms with van der Waals surface area (Å²) < 4.78 is 19.4. The summed E-state index contributed by atoms with van der Waals surface area (Å²) in [5.41, 5.74) is 2.06. The Morgan fingerprint density at radius 3 is 2.14 bits per heavy atom. The molecule has 0 fully saturated rings. The Morgan fingerprint density at radius 1 is 0.889 bits per heavy atom. The third-order valence-corrected chi connectivity index (χ3v) is 6.69. The van der Waals surface area contributed by atoms with Gasteiger partial charge in [0.05, 0.1) is 19.8 Å². The highest BCUT2D eigenvalue weighted by atomic mass is 35.5. The molecule has 0 saturated heterocycles. The summed E-state index contributed by atoms with van der Waals surface area (Å²) in [5.74, 6) is -0.461. The van der Waals surface area contributed by atoms with Crippen molar-refractivity contribution in [2.45, 2.75) is 12.7 Å². The van der Waals surface area contributed by atoms with Crippen LogP contribution in [0.1, 0.15) is 27.6 Å². The first-order chi connectivity index (χ1) is 16.8. The second-order valence-corrected chi connectivity index (χ2v) is 9.77. The Labute approximate surface area is 235 Å². The smallest absolute Gasteiger partial charge is 0.182 e. The van der Waals surface area contributed by atoms with Crippen molar-refractivity contribution in [3.8, 4) is 0 Å². The summed E-state index contributed by atoms with van der Waals surface area (Å²) in [7, 11) is 0. The summed E-state index contributed by atoms with van der Waals surface area (Å²) >= 11 is 24.8.